The Bertz CT molecular complexity index is 702. The molecule has 4 rings (SSSR count). The van der Waals surface area contributed by atoms with Crippen molar-refractivity contribution in [1.29, 1.82) is 0 Å². The van der Waals surface area contributed by atoms with E-state index in [4.69, 9.17) is 4.74 Å². The summed E-state index contributed by atoms with van der Waals surface area (Å²) < 4.78 is 5.35. The van der Waals surface area contributed by atoms with E-state index in [-0.39, 0.29) is 11.9 Å². The third kappa shape index (κ3) is 3.96. The van der Waals surface area contributed by atoms with Crippen molar-refractivity contribution < 1.29 is 9.53 Å². The van der Waals surface area contributed by atoms with Gasteiger partial charge in [0.05, 0.1) is 6.42 Å². The van der Waals surface area contributed by atoms with Gasteiger partial charge in [-0.25, -0.2) is 0 Å². The highest BCUT2D eigenvalue weighted by molar-refractivity contribution is 5.79. The van der Waals surface area contributed by atoms with Gasteiger partial charge in [0.2, 0.25) is 5.91 Å². The van der Waals surface area contributed by atoms with Gasteiger partial charge in [-0.05, 0) is 54.5 Å². The van der Waals surface area contributed by atoms with Crippen molar-refractivity contribution in [2.75, 3.05) is 26.3 Å². The van der Waals surface area contributed by atoms with Gasteiger partial charge in [-0.15, -0.1) is 0 Å². The topological polar surface area (TPSA) is 41.6 Å². The molecule has 0 atom stereocenters. The summed E-state index contributed by atoms with van der Waals surface area (Å²) in [4.78, 5) is 14.8. The molecule has 1 N–H and O–H groups in total. The zero-order valence-corrected chi connectivity index (χ0v) is 14.7. The fraction of sp³-hybridized carbons (Fsp3) is 0.476. The molecule has 132 valence electrons. The minimum atomic E-state index is 0.131. The summed E-state index contributed by atoms with van der Waals surface area (Å²) in [6.07, 6.45) is 10.9. The second-order valence-corrected chi connectivity index (χ2v) is 7.17. The summed E-state index contributed by atoms with van der Waals surface area (Å²) in [5, 5.41) is 3.15. The maximum absolute atomic E-state index is 12.3. The van der Waals surface area contributed by atoms with Crippen LogP contribution in [0.4, 0.5) is 0 Å². The first-order chi connectivity index (χ1) is 12.3. The molecule has 1 saturated heterocycles. The van der Waals surface area contributed by atoms with E-state index in [1.165, 1.54) is 16.8 Å². The van der Waals surface area contributed by atoms with Gasteiger partial charge in [0.15, 0.2) is 0 Å². The average Bonchev–Trinajstić information content (AvgIpc) is 2.77. The van der Waals surface area contributed by atoms with Gasteiger partial charge in [0, 0.05) is 38.0 Å². The quantitative estimate of drug-likeness (QED) is 0.916. The van der Waals surface area contributed by atoms with Gasteiger partial charge < -0.3 is 15.0 Å². The number of benzene rings is 1. The molecule has 0 aromatic heterocycles. The number of carbonyl (C=O) groups is 1. The van der Waals surface area contributed by atoms with E-state index in [1.54, 1.807) is 0 Å². The molecule has 0 bridgehead atoms. The number of nitrogens with zero attached hydrogens (tertiary/aromatic N) is 1. The van der Waals surface area contributed by atoms with Crippen LogP contribution in [0.5, 0.6) is 0 Å². The average molecular weight is 338 g/mol. The maximum Gasteiger partial charge on any atom is 0.224 e. The molecule has 1 aliphatic carbocycles. The molecule has 1 fully saturated rings. The normalized spacial score (nSPS) is 20.3. The van der Waals surface area contributed by atoms with Crippen molar-refractivity contribution in [1.82, 2.24) is 10.2 Å². The number of hydrogen-bond acceptors (Lipinski definition) is 3. The number of amides is 1. The fourth-order valence-corrected chi connectivity index (χ4v) is 3.85. The van der Waals surface area contributed by atoms with E-state index in [0.717, 1.165) is 57.6 Å². The molecule has 2 heterocycles. The van der Waals surface area contributed by atoms with Crippen LogP contribution in [0.15, 0.2) is 42.1 Å². The molecule has 1 aromatic carbocycles. The Morgan fingerprint density at radius 1 is 1.16 bits per heavy atom. The largest absolute Gasteiger partial charge is 0.381 e. The van der Waals surface area contributed by atoms with E-state index in [1.807, 2.05) is 0 Å². The Morgan fingerprint density at radius 2 is 1.92 bits per heavy atom. The minimum absolute atomic E-state index is 0.131. The summed E-state index contributed by atoms with van der Waals surface area (Å²) >= 11 is 0. The molecule has 4 nitrogen and oxygen atoms in total. The second-order valence-electron chi connectivity index (χ2n) is 7.17. The van der Waals surface area contributed by atoms with Crippen LogP contribution in [0.3, 0.4) is 0 Å². The predicted octanol–water partition coefficient (Wildman–Crippen LogP) is 2.38. The lowest BCUT2D eigenvalue weighted by Gasteiger charge is -2.26. The first kappa shape index (κ1) is 16.4. The van der Waals surface area contributed by atoms with Crippen molar-refractivity contribution in [3.63, 3.8) is 0 Å². The number of allylic oxidation sites excluding steroid dienone is 3. The lowest BCUT2D eigenvalue weighted by atomic mass is 9.98. The van der Waals surface area contributed by atoms with Crippen molar-refractivity contribution >= 4 is 5.91 Å². The highest BCUT2D eigenvalue weighted by Crippen LogP contribution is 2.22. The first-order valence-corrected chi connectivity index (χ1v) is 9.39. The van der Waals surface area contributed by atoms with E-state index < -0.39 is 0 Å². The Kier molecular flexibility index (Phi) is 4.88. The van der Waals surface area contributed by atoms with E-state index >= 15 is 0 Å². The molecular weight excluding hydrogens is 312 g/mol. The summed E-state index contributed by atoms with van der Waals surface area (Å²) in [6, 6.07) is 6.87. The van der Waals surface area contributed by atoms with Crippen molar-refractivity contribution in [2.24, 2.45) is 0 Å². The molecule has 1 aromatic rings. The smallest absolute Gasteiger partial charge is 0.224 e. The second kappa shape index (κ2) is 7.44. The van der Waals surface area contributed by atoms with E-state index in [9.17, 15) is 4.79 Å². The van der Waals surface area contributed by atoms with Crippen LogP contribution in [0.25, 0.3) is 0 Å². The molecule has 3 aliphatic rings. The van der Waals surface area contributed by atoms with Crippen LogP contribution >= 0.6 is 0 Å². The molecule has 25 heavy (non-hydrogen) atoms. The number of carbonyl (C=O) groups excluding carboxylic acids is 1. The predicted molar refractivity (Wildman–Crippen MR) is 98.3 cm³/mol. The molecule has 0 radical (unpaired) electrons. The van der Waals surface area contributed by atoms with Crippen LogP contribution in [-0.4, -0.2) is 43.2 Å². The Labute approximate surface area is 149 Å². The highest BCUT2D eigenvalue weighted by Gasteiger charge is 2.18. The van der Waals surface area contributed by atoms with Gasteiger partial charge in [0.1, 0.15) is 0 Å². The number of fused-ring (bicyclic) bond motifs is 1. The first-order valence-electron chi connectivity index (χ1n) is 9.39. The monoisotopic (exact) mass is 338 g/mol. The highest BCUT2D eigenvalue weighted by atomic mass is 16.5. The van der Waals surface area contributed by atoms with Crippen molar-refractivity contribution in [3.05, 3.63) is 58.8 Å². The molecule has 2 aliphatic heterocycles. The third-order valence-electron chi connectivity index (χ3n) is 5.42. The fourth-order valence-electron chi connectivity index (χ4n) is 3.85. The van der Waals surface area contributed by atoms with Crippen LogP contribution in [0.1, 0.15) is 29.5 Å². The molecule has 1 amide bonds. The van der Waals surface area contributed by atoms with Crippen LogP contribution in [-0.2, 0) is 28.8 Å². The van der Waals surface area contributed by atoms with Gasteiger partial charge in [-0.1, -0.05) is 24.3 Å². The van der Waals surface area contributed by atoms with Crippen molar-refractivity contribution in [3.8, 4) is 0 Å². The Hall–Kier alpha value is -2.07. The molecule has 0 unspecified atom stereocenters. The lowest BCUT2D eigenvalue weighted by molar-refractivity contribution is -0.121. The maximum atomic E-state index is 12.3. The van der Waals surface area contributed by atoms with Crippen LogP contribution < -0.4 is 5.32 Å². The van der Waals surface area contributed by atoms with Gasteiger partial charge in [-0.3, -0.25) is 4.79 Å². The SMILES string of the molecule is O=C(Cc1ccc2c(c1)CCN(C1=CC=C1)CC2)NC1CCOCC1. The Balaban J connectivity index is 1.36. The van der Waals surface area contributed by atoms with Crippen LogP contribution in [0, 0.1) is 0 Å². The summed E-state index contributed by atoms with van der Waals surface area (Å²) in [6.45, 7) is 3.64. The number of rotatable bonds is 4. The Morgan fingerprint density at radius 3 is 2.64 bits per heavy atom. The van der Waals surface area contributed by atoms with E-state index in [2.05, 4.69) is 46.6 Å². The summed E-state index contributed by atoms with van der Waals surface area (Å²) in [5.74, 6) is 0.131. The summed E-state index contributed by atoms with van der Waals surface area (Å²) in [7, 11) is 0. The lowest BCUT2D eigenvalue weighted by Crippen LogP contribution is -2.39. The van der Waals surface area contributed by atoms with Gasteiger partial charge in [-0.2, -0.15) is 0 Å². The van der Waals surface area contributed by atoms with Gasteiger partial charge >= 0.3 is 0 Å². The molecular formula is C21H26N2O2. The molecule has 0 spiro atoms. The van der Waals surface area contributed by atoms with Crippen LogP contribution in [0.2, 0.25) is 0 Å². The van der Waals surface area contributed by atoms with E-state index in [0.29, 0.717) is 6.42 Å². The molecule has 0 saturated carbocycles. The third-order valence-corrected chi connectivity index (χ3v) is 5.42. The number of ether oxygens (including phenoxy) is 1. The number of hydrogen-bond donors (Lipinski definition) is 1. The number of nitrogens with one attached hydrogen (secondary N) is 1. The summed E-state index contributed by atoms with van der Waals surface area (Å²) in [5.41, 5.74) is 5.31. The minimum Gasteiger partial charge on any atom is -0.381 e. The zero-order valence-electron chi connectivity index (χ0n) is 14.7. The zero-order chi connectivity index (χ0) is 17.1. The standard InChI is InChI=1S/C21H26N2O2/c24-21(22-19-8-12-25-13-9-19)15-16-4-5-17-6-10-23(20-2-1-3-20)11-7-18(17)14-16/h1-5,14,19H,6-13,15H2,(H,22,24). The molecule has 4 heteroatoms. The van der Waals surface area contributed by atoms with Crippen molar-refractivity contribution in [2.45, 2.75) is 38.1 Å². The van der Waals surface area contributed by atoms with Gasteiger partial charge in [0.25, 0.3) is 0 Å².